The van der Waals surface area contributed by atoms with E-state index in [0.29, 0.717) is 30.4 Å². The lowest BCUT2D eigenvalue weighted by Crippen LogP contribution is -2.28. The van der Waals surface area contributed by atoms with E-state index in [1.807, 2.05) is 20.8 Å². The van der Waals surface area contributed by atoms with E-state index >= 15 is 0 Å². The van der Waals surface area contributed by atoms with Gasteiger partial charge in [0.15, 0.2) is 17.5 Å². The molecular weight excluding hydrogens is 334 g/mol. The molecule has 0 aromatic carbocycles. The molecule has 1 unspecified atom stereocenters. The molecule has 1 atom stereocenters. The molecule has 136 valence electrons. The first-order valence-electron chi connectivity index (χ1n) is 8.28. The maximum atomic E-state index is 12.2. The van der Waals surface area contributed by atoms with Gasteiger partial charge in [0, 0.05) is 24.5 Å². The normalized spacial score (nSPS) is 12.2. The standard InChI is InChI=1S/C18H21N5O3/c1-18(2,3)17-22-15(26-23-17)9-6-7-13(24)12(11-19)16(25)21-14-8-4-5-10-20-14/h4-5,8,10,12H,6-7,9H2,1-3H3,(H,20,21,25). The lowest BCUT2D eigenvalue weighted by molar-refractivity contribution is -0.128. The number of rotatable bonds is 7. The number of ketones is 1. The zero-order valence-corrected chi connectivity index (χ0v) is 15.0. The number of pyridine rings is 1. The molecule has 0 radical (unpaired) electrons. The second-order valence-electron chi connectivity index (χ2n) is 6.85. The van der Waals surface area contributed by atoms with Gasteiger partial charge in [0.1, 0.15) is 5.82 Å². The fourth-order valence-electron chi connectivity index (χ4n) is 2.13. The zero-order valence-electron chi connectivity index (χ0n) is 15.0. The molecule has 0 fully saturated rings. The monoisotopic (exact) mass is 355 g/mol. The SMILES string of the molecule is CC(C)(C)c1noc(CCCC(=O)C(C#N)C(=O)Nc2ccccn2)n1. The molecule has 0 aliphatic carbocycles. The van der Waals surface area contributed by atoms with Crippen molar-refractivity contribution in [3.8, 4) is 6.07 Å². The number of aryl methyl sites for hydroxylation is 1. The summed E-state index contributed by atoms with van der Waals surface area (Å²) in [4.78, 5) is 32.5. The van der Waals surface area contributed by atoms with Crippen LogP contribution in [0.5, 0.6) is 0 Å². The van der Waals surface area contributed by atoms with Crippen molar-refractivity contribution in [2.45, 2.75) is 45.4 Å². The summed E-state index contributed by atoms with van der Waals surface area (Å²) in [5.74, 6) is -1.16. The number of Topliss-reactive ketones (excluding diaryl/α,β-unsaturated/α-hetero) is 1. The van der Waals surface area contributed by atoms with Crippen molar-refractivity contribution >= 4 is 17.5 Å². The van der Waals surface area contributed by atoms with Crippen molar-refractivity contribution in [3.63, 3.8) is 0 Å². The van der Waals surface area contributed by atoms with Crippen LogP contribution >= 0.6 is 0 Å². The molecule has 0 aliphatic heterocycles. The number of carbonyl (C=O) groups excluding carboxylic acids is 2. The maximum absolute atomic E-state index is 12.2. The van der Waals surface area contributed by atoms with Crippen LogP contribution in [0.3, 0.4) is 0 Å². The summed E-state index contributed by atoms with van der Waals surface area (Å²) in [5, 5.41) is 15.5. The van der Waals surface area contributed by atoms with Crippen molar-refractivity contribution in [3.05, 3.63) is 36.1 Å². The molecule has 0 spiro atoms. The molecule has 0 saturated carbocycles. The van der Waals surface area contributed by atoms with Crippen molar-refractivity contribution in [1.29, 1.82) is 5.26 Å². The minimum Gasteiger partial charge on any atom is -0.339 e. The van der Waals surface area contributed by atoms with E-state index in [2.05, 4.69) is 20.4 Å². The third-order valence-electron chi connectivity index (χ3n) is 3.58. The van der Waals surface area contributed by atoms with Crippen LogP contribution in [0.2, 0.25) is 0 Å². The van der Waals surface area contributed by atoms with Gasteiger partial charge < -0.3 is 9.84 Å². The summed E-state index contributed by atoms with van der Waals surface area (Å²) in [5.41, 5.74) is -0.215. The van der Waals surface area contributed by atoms with Crippen molar-refractivity contribution in [1.82, 2.24) is 15.1 Å². The van der Waals surface area contributed by atoms with Gasteiger partial charge in [-0.25, -0.2) is 4.98 Å². The highest BCUT2D eigenvalue weighted by molar-refractivity contribution is 6.09. The minimum atomic E-state index is -1.37. The van der Waals surface area contributed by atoms with E-state index in [1.54, 1.807) is 24.3 Å². The molecule has 1 N–H and O–H groups in total. The van der Waals surface area contributed by atoms with Crippen molar-refractivity contribution < 1.29 is 14.1 Å². The van der Waals surface area contributed by atoms with E-state index < -0.39 is 17.6 Å². The Kier molecular flexibility index (Phi) is 6.17. The Morgan fingerprint density at radius 1 is 1.35 bits per heavy atom. The third-order valence-corrected chi connectivity index (χ3v) is 3.58. The number of carbonyl (C=O) groups is 2. The molecule has 8 nitrogen and oxygen atoms in total. The lowest BCUT2D eigenvalue weighted by atomic mass is 9.96. The largest absolute Gasteiger partial charge is 0.339 e. The Morgan fingerprint density at radius 3 is 2.69 bits per heavy atom. The van der Waals surface area contributed by atoms with E-state index in [9.17, 15) is 9.59 Å². The molecule has 2 aromatic heterocycles. The highest BCUT2D eigenvalue weighted by Crippen LogP contribution is 2.19. The summed E-state index contributed by atoms with van der Waals surface area (Å²) in [7, 11) is 0. The van der Waals surface area contributed by atoms with E-state index in [-0.39, 0.29) is 11.8 Å². The van der Waals surface area contributed by atoms with Crippen LogP contribution in [0.1, 0.15) is 45.3 Å². The maximum Gasteiger partial charge on any atom is 0.250 e. The molecule has 0 bridgehead atoms. The molecule has 0 aliphatic rings. The van der Waals surface area contributed by atoms with Gasteiger partial charge in [-0.05, 0) is 18.6 Å². The summed E-state index contributed by atoms with van der Waals surface area (Å²) < 4.78 is 5.16. The first-order valence-corrected chi connectivity index (χ1v) is 8.28. The van der Waals surface area contributed by atoms with Crippen LogP contribution in [0, 0.1) is 17.2 Å². The zero-order chi connectivity index (χ0) is 19.2. The second kappa shape index (κ2) is 8.34. The number of nitrogens with one attached hydrogen (secondary N) is 1. The van der Waals surface area contributed by atoms with Crippen LogP contribution in [0.25, 0.3) is 0 Å². The van der Waals surface area contributed by atoms with Crippen LogP contribution in [0.4, 0.5) is 5.82 Å². The molecule has 1 amide bonds. The van der Waals surface area contributed by atoms with E-state index in [4.69, 9.17) is 9.78 Å². The van der Waals surface area contributed by atoms with E-state index in [0.717, 1.165) is 0 Å². The van der Waals surface area contributed by atoms with Gasteiger partial charge >= 0.3 is 0 Å². The van der Waals surface area contributed by atoms with Gasteiger partial charge in [0.25, 0.3) is 5.91 Å². The molecular formula is C18H21N5O3. The molecule has 0 saturated heterocycles. The van der Waals surface area contributed by atoms with Crippen molar-refractivity contribution in [2.24, 2.45) is 5.92 Å². The number of hydrogen-bond donors (Lipinski definition) is 1. The molecule has 2 rings (SSSR count). The fourth-order valence-corrected chi connectivity index (χ4v) is 2.13. The number of nitrogens with zero attached hydrogens (tertiary/aromatic N) is 4. The number of anilines is 1. The Hall–Kier alpha value is -3.08. The van der Waals surface area contributed by atoms with Gasteiger partial charge in [0.05, 0.1) is 6.07 Å². The smallest absolute Gasteiger partial charge is 0.250 e. The van der Waals surface area contributed by atoms with Gasteiger partial charge in [0.2, 0.25) is 5.89 Å². The number of nitriles is 1. The summed E-state index contributed by atoms with van der Waals surface area (Å²) in [6.07, 6.45) is 2.41. The number of amides is 1. The quantitative estimate of drug-likeness (QED) is 0.757. The molecule has 2 heterocycles. The molecule has 2 aromatic rings. The average Bonchev–Trinajstić information content (AvgIpc) is 3.05. The van der Waals surface area contributed by atoms with E-state index in [1.165, 1.54) is 6.20 Å². The topological polar surface area (TPSA) is 122 Å². The second-order valence-corrected chi connectivity index (χ2v) is 6.85. The summed E-state index contributed by atoms with van der Waals surface area (Å²) in [6.45, 7) is 5.93. The number of hydrogen-bond acceptors (Lipinski definition) is 7. The lowest BCUT2D eigenvalue weighted by Gasteiger charge is -2.10. The Labute approximate surface area is 151 Å². The van der Waals surface area contributed by atoms with Gasteiger partial charge in [-0.2, -0.15) is 10.2 Å². The minimum absolute atomic E-state index is 0.0705. The predicted octanol–water partition coefficient (Wildman–Crippen LogP) is 2.43. The fraction of sp³-hybridized carbons (Fsp3) is 0.444. The van der Waals surface area contributed by atoms with Crippen LogP contribution < -0.4 is 5.32 Å². The van der Waals surface area contributed by atoms with Gasteiger partial charge in [-0.1, -0.05) is 32.0 Å². The average molecular weight is 355 g/mol. The van der Waals surface area contributed by atoms with Gasteiger partial charge in [-0.15, -0.1) is 0 Å². The summed E-state index contributed by atoms with van der Waals surface area (Å²) in [6, 6.07) is 6.73. The van der Waals surface area contributed by atoms with Gasteiger partial charge in [-0.3, -0.25) is 9.59 Å². The highest BCUT2D eigenvalue weighted by Gasteiger charge is 2.26. The predicted molar refractivity (Wildman–Crippen MR) is 92.9 cm³/mol. The highest BCUT2D eigenvalue weighted by atomic mass is 16.5. The third kappa shape index (κ3) is 5.21. The summed E-state index contributed by atoms with van der Waals surface area (Å²) >= 11 is 0. The first-order chi connectivity index (χ1) is 12.3. The first kappa shape index (κ1) is 19.2. The van der Waals surface area contributed by atoms with Crippen LogP contribution in [-0.2, 0) is 21.4 Å². The number of aromatic nitrogens is 3. The Bertz CT molecular complexity index is 802. The Morgan fingerprint density at radius 2 is 2.12 bits per heavy atom. The molecule has 8 heteroatoms. The van der Waals surface area contributed by atoms with Crippen LogP contribution in [-0.4, -0.2) is 26.8 Å². The van der Waals surface area contributed by atoms with Crippen LogP contribution in [0.15, 0.2) is 28.9 Å². The molecule has 26 heavy (non-hydrogen) atoms. The van der Waals surface area contributed by atoms with Crippen molar-refractivity contribution in [2.75, 3.05) is 5.32 Å². The Balaban J connectivity index is 1.86.